The van der Waals surface area contributed by atoms with Crippen molar-refractivity contribution >= 4 is 23.2 Å². The number of hydrogen-bond donors (Lipinski definition) is 0. The number of ether oxygens (including phenoxy) is 3. The molecule has 1 aromatic carbocycles. The van der Waals surface area contributed by atoms with E-state index in [9.17, 15) is 4.79 Å². The molecule has 128 valence electrons. The minimum atomic E-state index is -1.15. The number of rotatable bonds is 6. The normalized spacial score (nSPS) is 18.1. The van der Waals surface area contributed by atoms with Gasteiger partial charge in [-0.25, -0.2) is 4.99 Å². The Labute approximate surface area is 146 Å². The summed E-state index contributed by atoms with van der Waals surface area (Å²) < 4.78 is 16.3. The van der Waals surface area contributed by atoms with Gasteiger partial charge >= 0.3 is 0 Å². The second-order valence-electron chi connectivity index (χ2n) is 5.07. The van der Waals surface area contributed by atoms with Crippen LogP contribution >= 0.6 is 11.6 Å². The third kappa shape index (κ3) is 3.75. The molecular formula is C18H20ClNO4. The molecule has 1 aliphatic carbocycles. The third-order valence-corrected chi connectivity index (χ3v) is 3.93. The number of benzene rings is 1. The fraction of sp³-hybridized carbons (Fsp3) is 0.333. The lowest BCUT2D eigenvalue weighted by Crippen LogP contribution is -2.38. The number of alkyl halides is 1. The summed E-state index contributed by atoms with van der Waals surface area (Å²) in [6.07, 6.45) is 3.91. The van der Waals surface area contributed by atoms with E-state index in [0.29, 0.717) is 29.3 Å². The predicted octanol–water partition coefficient (Wildman–Crippen LogP) is 3.36. The van der Waals surface area contributed by atoms with Crippen LogP contribution in [0.1, 0.15) is 16.8 Å². The van der Waals surface area contributed by atoms with Gasteiger partial charge < -0.3 is 14.2 Å². The Hall–Kier alpha value is -1.95. The molecule has 0 heterocycles. The molecular weight excluding hydrogens is 330 g/mol. The van der Waals surface area contributed by atoms with Gasteiger partial charge in [0.15, 0.2) is 5.76 Å². The van der Waals surface area contributed by atoms with Crippen LogP contribution in [0, 0.1) is 0 Å². The SMILES string of the molecule is COC1=CC(=NC(=O)c2ccccc2)C(CCCl)=CC1(OC)OC. The first-order valence-electron chi connectivity index (χ1n) is 7.42. The molecule has 0 fully saturated rings. The second kappa shape index (κ2) is 8.24. The van der Waals surface area contributed by atoms with E-state index in [2.05, 4.69) is 4.99 Å². The highest BCUT2D eigenvalue weighted by Gasteiger charge is 2.38. The van der Waals surface area contributed by atoms with E-state index >= 15 is 0 Å². The van der Waals surface area contributed by atoms with Crippen molar-refractivity contribution in [3.05, 3.63) is 59.4 Å². The highest BCUT2D eigenvalue weighted by Crippen LogP contribution is 2.32. The van der Waals surface area contributed by atoms with Crippen molar-refractivity contribution in [2.75, 3.05) is 27.2 Å². The van der Waals surface area contributed by atoms with Crippen LogP contribution in [0.25, 0.3) is 0 Å². The summed E-state index contributed by atoms with van der Waals surface area (Å²) in [5.74, 6) is -0.694. The van der Waals surface area contributed by atoms with Gasteiger partial charge in [-0.3, -0.25) is 4.79 Å². The minimum Gasteiger partial charge on any atom is -0.495 e. The van der Waals surface area contributed by atoms with E-state index in [1.54, 1.807) is 36.4 Å². The highest BCUT2D eigenvalue weighted by molar-refractivity contribution is 6.20. The summed E-state index contributed by atoms with van der Waals surface area (Å²) >= 11 is 5.89. The smallest absolute Gasteiger partial charge is 0.277 e. The van der Waals surface area contributed by atoms with E-state index in [4.69, 9.17) is 25.8 Å². The zero-order valence-corrected chi connectivity index (χ0v) is 14.7. The molecule has 0 saturated heterocycles. The van der Waals surface area contributed by atoms with E-state index in [0.717, 1.165) is 5.57 Å². The van der Waals surface area contributed by atoms with Gasteiger partial charge in [0.1, 0.15) is 0 Å². The highest BCUT2D eigenvalue weighted by atomic mass is 35.5. The fourth-order valence-corrected chi connectivity index (χ4v) is 2.66. The number of hydrogen-bond acceptors (Lipinski definition) is 4. The van der Waals surface area contributed by atoms with E-state index in [1.807, 2.05) is 6.07 Å². The average molecular weight is 350 g/mol. The molecule has 0 spiro atoms. The van der Waals surface area contributed by atoms with Crippen LogP contribution in [0.15, 0.2) is 58.8 Å². The number of amides is 1. The van der Waals surface area contributed by atoms with Crippen LogP contribution in [-0.2, 0) is 14.2 Å². The Morgan fingerprint density at radius 1 is 1.17 bits per heavy atom. The molecule has 0 atom stereocenters. The van der Waals surface area contributed by atoms with Gasteiger partial charge in [-0.1, -0.05) is 18.2 Å². The van der Waals surface area contributed by atoms with Gasteiger partial charge in [0.05, 0.1) is 12.8 Å². The number of nitrogens with zero attached hydrogens (tertiary/aromatic N) is 1. The minimum absolute atomic E-state index is 0.333. The molecule has 1 amide bonds. The molecule has 24 heavy (non-hydrogen) atoms. The summed E-state index contributed by atoms with van der Waals surface area (Å²) in [6.45, 7) is 0. The monoisotopic (exact) mass is 349 g/mol. The number of allylic oxidation sites excluding steroid dienone is 2. The summed E-state index contributed by atoms with van der Waals surface area (Å²) in [7, 11) is 4.54. The summed E-state index contributed by atoms with van der Waals surface area (Å²) in [5, 5.41) is 0. The molecule has 6 heteroatoms. The van der Waals surface area contributed by atoms with E-state index in [1.165, 1.54) is 21.3 Å². The first-order chi connectivity index (χ1) is 11.6. The third-order valence-electron chi connectivity index (χ3n) is 3.74. The van der Waals surface area contributed by atoms with Crippen LogP contribution in [0.5, 0.6) is 0 Å². The molecule has 1 aliphatic rings. The molecule has 0 bridgehead atoms. The second-order valence-corrected chi connectivity index (χ2v) is 5.44. The molecule has 0 aliphatic heterocycles. The van der Waals surface area contributed by atoms with Gasteiger partial charge in [0.25, 0.3) is 5.91 Å². The maximum atomic E-state index is 12.4. The van der Waals surface area contributed by atoms with Crippen LogP contribution in [-0.4, -0.2) is 44.6 Å². The topological polar surface area (TPSA) is 57.1 Å². The molecule has 0 N–H and O–H groups in total. The number of carbonyl (C=O) groups excluding carboxylic acids is 1. The average Bonchev–Trinajstić information content (AvgIpc) is 2.63. The van der Waals surface area contributed by atoms with Crippen molar-refractivity contribution in [2.45, 2.75) is 12.2 Å². The maximum Gasteiger partial charge on any atom is 0.277 e. The number of methoxy groups -OCH3 is 3. The quantitative estimate of drug-likeness (QED) is 0.583. The van der Waals surface area contributed by atoms with Crippen molar-refractivity contribution < 1.29 is 19.0 Å². The zero-order valence-electron chi connectivity index (χ0n) is 13.9. The molecule has 0 aromatic heterocycles. The van der Waals surface area contributed by atoms with Crippen molar-refractivity contribution in [1.29, 1.82) is 0 Å². The summed E-state index contributed by atoms with van der Waals surface area (Å²) in [5.41, 5.74) is 1.77. The van der Waals surface area contributed by atoms with Gasteiger partial charge in [0, 0.05) is 31.7 Å². The first-order valence-corrected chi connectivity index (χ1v) is 7.96. The van der Waals surface area contributed by atoms with Crippen molar-refractivity contribution in [2.24, 2.45) is 4.99 Å². The standard InChI is InChI=1S/C18H20ClNO4/c1-22-16-11-15(20-17(21)13-7-5-4-6-8-13)14(9-10-19)12-18(16,23-2)24-3/h4-8,11-12H,9-10H2,1-3H3. The van der Waals surface area contributed by atoms with Crippen LogP contribution in [0.2, 0.25) is 0 Å². The molecule has 0 saturated carbocycles. The Bertz CT molecular complexity index is 676. The van der Waals surface area contributed by atoms with Crippen LogP contribution in [0.3, 0.4) is 0 Å². The van der Waals surface area contributed by atoms with Crippen molar-refractivity contribution in [3.63, 3.8) is 0 Å². The lowest BCUT2D eigenvalue weighted by Gasteiger charge is -2.33. The van der Waals surface area contributed by atoms with Crippen LogP contribution in [0.4, 0.5) is 0 Å². The van der Waals surface area contributed by atoms with Crippen LogP contribution < -0.4 is 0 Å². The summed E-state index contributed by atoms with van der Waals surface area (Å²) in [6, 6.07) is 8.87. The maximum absolute atomic E-state index is 12.4. The van der Waals surface area contributed by atoms with Gasteiger partial charge in [0.2, 0.25) is 5.79 Å². The zero-order chi connectivity index (χ0) is 17.6. The summed E-state index contributed by atoms with van der Waals surface area (Å²) in [4.78, 5) is 16.6. The lowest BCUT2D eigenvalue weighted by atomic mass is 9.95. The number of carbonyl (C=O) groups is 1. The lowest BCUT2D eigenvalue weighted by molar-refractivity contribution is -0.165. The fourth-order valence-electron chi connectivity index (χ4n) is 2.46. The molecule has 5 nitrogen and oxygen atoms in total. The Morgan fingerprint density at radius 2 is 1.83 bits per heavy atom. The molecule has 0 unspecified atom stereocenters. The number of aliphatic imine (C=N–C) groups is 1. The van der Waals surface area contributed by atoms with E-state index in [-0.39, 0.29) is 5.91 Å². The Balaban J connectivity index is 2.46. The molecule has 2 rings (SSSR count). The van der Waals surface area contributed by atoms with Gasteiger partial charge in [-0.2, -0.15) is 0 Å². The van der Waals surface area contributed by atoms with Crippen molar-refractivity contribution in [1.82, 2.24) is 0 Å². The van der Waals surface area contributed by atoms with Crippen molar-refractivity contribution in [3.8, 4) is 0 Å². The predicted molar refractivity (Wildman–Crippen MR) is 93.5 cm³/mol. The van der Waals surface area contributed by atoms with E-state index < -0.39 is 5.79 Å². The Morgan fingerprint density at radius 3 is 2.38 bits per heavy atom. The van der Waals surface area contributed by atoms with Gasteiger partial charge in [-0.15, -0.1) is 11.6 Å². The van der Waals surface area contributed by atoms with Gasteiger partial charge in [-0.05, 0) is 30.2 Å². The Kier molecular flexibility index (Phi) is 6.31. The molecule has 1 aromatic rings. The first kappa shape index (κ1) is 18.4. The number of halogens is 1. The molecule has 0 radical (unpaired) electrons. The largest absolute Gasteiger partial charge is 0.495 e.